The van der Waals surface area contributed by atoms with Gasteiger partial charge in [0.2, 0.25) is 0 Å². The van der Waals surface area contributed by atoms with E-state index in [9.17, 15) is 10.1 Å². The minimum absolute atomic E-state index is 0.249. The second kappa shape index (κ2) is 3.70. The van der Waals surface area contributed by atoms with Crippen molar-refractivity contribution in [2.45, 2.75) is 24.7 Å². The van der Waals surface area contributed by atoms with Crippen molar-refractivity contribution < 1.29 is 4.92 Å². The number of hydrogen-bond acceptors (Lipinski definition) is 2. The van der Waals surface area contributed by atoms with Gasteiger partial charge in [-0.25, -0.2) is 0 Å². The Hall–Kier alpha value is -1.10. The molecule has 0 aromatic heterocycles. The van der Waals surface area contributed by atoms with E-state index in [1.165, 1.54) is 11.1 Å². The summed E-state index contributed by atoms with van der Waals surface area (Å²) in [5.41, 5.74) is 3.78. The molecule has 2 atom stereocenters. The molecule has 3 rings (SSSR count). The highest BCUT2D eigenvalue weighted by Crippen LogP contribution is 2.60. The van der Waals surface area contributed by atoms with Crippen LogP contribution in [0.15, 0.2) is 28.2 Å². The van der Waals surface area contributed by atoms with Crippen LogP contribution in [0.2, 0.25) is 0 Å². The lowest BCUT2D eigenvalue weighted by Gasteiger charge is -2.13. The Kier molecular flexibility index (Phi) is 2.40. The van der Waals surface area contributed by atoms with E-state index in [0.29, 0.717) is 11.6 Å². The summed E-state index contributed by atoms with van der Waals surface area (Å²) in [6.45, 7) is 0. The number of benzene rings is 1. The predicted molar refractivity (Wildman–Crippen MR) is 72.3 cm³/mol. The number of hydrogen-bond donors (Lipinski definition) is 0. The first-order valence-electron chi connectivity index (χ1n) is 5.74. The third-order valence-corrected chi connectivity index (χ3v) is 4.39. The summed E-state index contributed by atoms with van der Waals surface area (Å²) < 4.78 is 1.15. The molecule has 0 aliphatic heterocycles. The Morgan fingerprint density at radius 3 is 2.76 bits per heavy atom. The van der Waals surface area contributed by atoms with Crippen molar-refractivity contribution in [3.63, 3.8) is 0 Å². The zero-order valence-electron chi connectivity index (χ0n) is 9.44. The second-order valence-corrected chi connectivity index (χ2v) is 5.90. The molecule has 17 heavy (non-hydrogen) atoms. The number of rotatable bonds is 1. The van der Waals surface area contributed by atoms with Crippen LogP contribution >= 0.6 is 15.9 Å². The SMILES string of the molecule is B/C(Br)=C1\C2CCC1c1c2cccc1[N+](=O)[O-]. The average Bonchev–Trinajstić information content (AvgIpc) is 2.84. The van der Waals surface area contributed by atoms with Crippen LogP contribution in [0.3, 0.4) is 0 Å². The van der Waals surface area contributed by atoms with Crippen molar-refractivity contribution in [1.82, 2.24) is 0 Å². The standard InChI is InChI=1S/C12H11BBrNO2/c13-12(14)11-7-4-5-8(11)10-6(7)2-1-3-9(10)15(16)17/h1-3,7-8H,4-5,13H2/b12-11-. The highest BCUT2D eigenvalue weighted by Gasteiger charge is 2.45. The van der Waals surface area contributed by atoms with Gasteiger partial charge in [0.1, 0.15) is 7.85 Å². The van der Waals surface area contributed by atoms with E-state index < -0.39 is 0 Å². The first kappa shape index (κ1) is 11.0. The molecule has 2 bridgehead atoms. The minimum Gasteiger partial charge on any atom is -0.258 e. The van der Waals surface area contributed by atoms with Crippen LogP contribution in [0.4, 0.5) is 5.69 Å². The van der Waals surface area contributed by atoms with Gasteiger partial charge in [0.05, 0.1) is 4.92 Å². The smallest absolute Gasteiger partial charge is 0.258 e. The molecule has 1 aromatic rings. The van der Waals surface area contributed by atoms with E-state index in [1.54, 1.807) is 12.1 Å². The van der Waals surface area contributed by atoms with Crippen LogP contribution in [0.1, 0.15) is 35.8 Å². The maximum Gasteiger partial charge on any atom is 0.273 e. The number of nitrogens with zero attached hydrogens (tertiary/aromatic N) is 1. The summed E-state index contributed by atoms with van der Waals surface area (Å²) in [7, 11) is 2.04. The molecule has 1 fully saturated rings. The number of nitro groups is 1. The molecule has 86 valence electrons. The van der Waals surface area contributed by atoms with E-state index >= 15 is 0 Å². The molecule has 2 aliphatic rings. The van der Waals surface area contributed by atoms with E-state index in [4.69, 9.17) is 0 Å². The fourth-order valence-corrected chi connectivity index (χ4v) is 3.96. The van der Waals surface area contributed by atoms with Crippen LogP contribution in [0.5, 0.6) is 0 Å². The van der Waals surface area contributed by atoms with E-state index in [1.807, 2.05) is 13.9 Å². The third kappa shape index (κ3) is 1.41. The molecule has 2 unspecified atom stereocenters. The summed E-state index contributed by atoms with van der Waals surface area (Å²) in [5, 5.41) is 11.1. The molecule has 0 saturated heterocycles. The molecule has 1 aromatic carbocycles. The van der Waals surface area contributed by atoms with Crippen LogP contribution in [-0.2, 0) is 0 Å². The number of halogens is 1. The average molecular weight is 292 g/mol. The summed E-state index contributed by atoms with van der Waals surface area (Å²) in [4.78, 5) is 10.8. The van der Waals surface area contributed by atoms with Gasteiger partial charge in [0, 0.05) is 23.5 Å². The van der Waals surface area contributed by atoms with Gasteiger partial charge in [-0.2, -0.15) is 0 Å². The van der Waals surface area contributed by atoms with Crippen molar-refractivity contribution in [3.8, 4) is 0 Å². The van der Waals surface area contributed by atoms with Crippen molar-refractivity contribution in [3.05, 3.63) is 49.4 Å². The van der Waals surface area contributed by atoms with E-state index in [-0.39, 0.29) is 10.8 Å². The molecule has 1 saturated carbocycles. The Morgan fingerprint density at radius 1 is 1.41 bits per heavy atom. The Balaban J connectivity index is 2.26. The summed E-state index contributed by atoms with van der Waals surface area (Å²) in [6, 6.07) is 5.47. The number of allylic oxidation sites excluding steroid dienone is 1. The molecule has 0 radical (unpaired) electrons. The van der Waals surface area contributed by atoms with Gasteiger partial charge in [-0.1, -0.05) is 33.6 Å². The second-order valence-electron chi connectivity index (χ2n) is 4.71. The normalized spacial score (nSPS) is 28.1. The molecular weight excluding hydrogens is 281 g/mol. The monoisotopic (exact) mass is 291 g/mol. The largest absolute Gasteiger partial charge is 0.273 e. The van der Waals surface area contributed by atoms with Crippen molar-refractivity contribution in [2.24, 2.45) is 0 Å². The van der Waals surface area contributed by atoms with Gasteiger partial charge in [-0.3, -0.25) is 10.1 Å². The van der Waals surface area contributed by atoms with Crippen molar-refractivity contribution in [1.29, 1.82) is 0 Å². The Bertz CT molecular complexity index is 551. The minimum atomic E-state index is -0.249. The molecule has 5 heteroatoms. The Labute approximate surface area is 109 Å². The van der Waals surface area contributed by atoms with Crippen molar-refractivity contribution >= 4 is 29.5 Å². The third-order valence-electron chi connectivity index (χ3n) is 3.93. The highest BCUT2D eigenvalue weighted by molar-refractivity contribution is 9.12. The van der Waals surface area contributed by atoms with Crippen LogP contribution in [-0.4, -0.2) is 12.8 Å². The summed E-state index contributed by atoms with van der Waals surface area (Å²) in [5.74, 6) is 0.658. The zero-order chi connectivity index (χ0) is 12.2. The number of fused-ring (bicyclic) bond motifs is 5. The summed E-state index contributed by atoms with van der Waals surface area (Å²) in [6.07, 6.45) is 2.16. The fourth-order valence-electron chi connectivity index (χ4n) is 3.40. The lowest BCUT2D eigenvalue weighted by molar-refractivity contribution is -0.385. The van der Waals surface area contributed by atoms with E-state index in [0.717, 1.165) is 22.8 Å². The molecule has 0 spiro atoms. The quantitative estimate of drug-likeness (QED) is 0.454. The van der Waals surface area contributed by atoms with Crippen LogP contribution in [0.25, 0.3) is 0 Å². The first-order chi connectivity index (χ1) is 8.11. The molecule has 0 amide bonds. The number of nitro benzene ring substituents is 1. The maximum absolute atomic E-state index is 11.1. The summed E-state index contributed by atoms with van der Waals surface area (Å²) >= 11 is 3.55. The van der Waals surface area contributed by atoms with Crippen molar-refractivity contribution in [2.75, 3.05) is 0 Å². The highest BCUT2D eigenvalue weighted by atomic mass is 79.9. The van der Waals surface area contributed by atoms with Gasteiger partial charge in [0.25, 0.3) is 5.69 Å². The van der Waals surface area contributed by atoms with E-state index in [2.05, 4.69) is 15.9 Å². The van der Waals surface area contributed by atoms with Gasteiger partial charge in [-0.15, -0.1) is 0 Å². The van der Waals surface area contributed by atoms with Gasteiger partial charge in [-0.05, 0) is 22.8 Å². The topological polar surface area (TPSA) is 43.1 Å². The maximum atomic E-state index is 11.1. The molecule has 0 heterocycles. The van der Waals surface area contributed by atoms with Crippen LogP contribution in [0, 0.1) is 10.1 Å². The lowest BCUT2D eigenvalue weighted by atomic mass is 9.90. The Morgan fingerprint density at radius 2 is 2.12 bits per heavy atom. The van der Waals surface area contributed by atoms with Gasteiger partial charge in [0.15, 0.2) is 0 Å². The molecule has 0 N–H and O–H groups in total. The predicted octanol–water partition coefficient (Wildman–Crippen LogP) is 2.81. The first-order valence-corrected chi connectivity index (χ1v) is 6.54. The lowest BCUT2D eigenvalue weighted by Crippen LogP contribution is -2.02. The van der Waals surface area contributed by atoms with Gasteiger partial charge < -0.3 is 0 Å². The van der Waals surface area contributed by atoms with Gasteiger partial charge >= 0.3 is 0 Å². The molecular formula is C12H11BBrNO2. The molecule has 2 aliphatic carbocycles. The fraction of sp³-hybridized carbons (Fsp3) is 0.333. The molecule has 3 nitrogen and oxygen atoms in total. The van der Waals surface area contributed by atoms with Crippen LogP contribution < -0.4 is 0 Å². The zero-order valence-corrected chi connectivity index (χ0v) is 11.0.